The third kappa shape index (κ3) is 2.51. The van der Waals surface area contributed by atoms with Crippen molar-refractivity contribution in [2.75, 3.05) is 20.1 Å². The normalized spacial score (nSPS) is 22.5. The summed E-state index contributed by atoms with van der Waals surface area (Å²) in [7, 11) is 1.70. The summed E-state index contributed by atoms with van der Waals surface area (Å²) in [5.41, 5.74) is 2.90. The number of amides is 2. The number of likely N-dealkylation sites (tertiary alicyclic amines) is 1. The molecule has 1 saturated heterocycles. The van der Waals surface area contributed by atoms with E-state index in [-0.39, 0.29) is 17.2 Å². The van der Waals surface area contributed by atoms with E-state index in [2.05, 4.69) is 29.6 Å². The number of rotatable bonds is 2. The predicted octanol–water partition coefficient (Wildman–Crippen LogP) is 2.19. The van der Waals surface area contributed by atoms with Crippen molar-refractivity contribution in [3.8, 4) is 0 Å². The monoisotopic (exact) mass is 300 g/mol. The van der Waals surface area contributed by atoms with E-state index in [1.807, 2.05) is 4.90 Å². The first-order valence-corrected chi connectivity index (χ1v) is 8.11. The summed E-state index contributed by atoms with van der Waals surface area (Å²) in [6, 6.07) is 8.57. The van der Waals surface area contributed by atoms with Crippen LogP contribution in [0.2, 0.25) is 0 Å². The van der Waals surface area contributed by atoms with Crippen molar-refractivity contribution in [1.82, 2.24) is 10.2 Å². The van der Waals surface area contributed by atoms with Gasteiger partial charge >= 0.3 is 0 Å². The summed E-state index contributed by atoms with van der Waals surface area (Å²) in [5, 5.41) is 2.74. The Balaban J connectivity index is 1.85. The second kappa shape index (κ2) is 5.75. The third-order valence-corrected chi connectivity index (χ3v) is 5.49. The van der Waals surface area contributed by atoms with Crippen LogP contribution in [0.15, 0.2) is 24.3 Å². The second-order valence-electron chi connectivity index (χ2n) is 6.65. The number of piperidine rings is 1. The molecule has 4 heteroatoms. The topological polar surface area (TPSA) is 49.4 Å². The zero-order valence-electron chi connectivity index (χ0n) is 13.4. The first kappa shape index (κ1) is 15.1. The molecule has 3 rings (SSSR count). The highest BCUT2D eigenvalue weighted by molar-refractivity contribution is 5.77. The molecular weight excluding hydrogens is 276 g/mol. The van der Waals surface area contributed by atoms with Gasteiger partial charge in [-0.3, -0.25) is 9.59 Å². The van der Waals surface area contributed by atoms with Gasteiger partial charge < -0.3 is 10.2 Å². The Morgan fingerprint density at radius 1 is 1.27 bits per heavy atom. The molecular formula is C18H24N2O2. The highest BCUT2D eigenvalue weighted by atomic mass is 16.2. The van der Waals surface area contributed by atoms with Gasteiger partial charge in [0.2, 0.25) is 11.8 Å². The van der Waals surface area contributed by atoms with Gasteiger partial charge in [0.25, 0.3) is 0 Å². The Bertz CT molecular complexity index is 589. The van der Waals surface area contributed by atoms with E-state index in [0.29, 0.717) is 12.3 Å². The molecule has 4 nitrogen and oxygen atoms in total. The smallest absolute Gasteiger partial charge is 0.220 e. The van der Waals surface area contributed by atoms with Crippen molar-refractivity contribution in [2.45, 2.75) is 43.9 Å². The van der Waals surface area contributed by atoms with Crippen LogP contribution in [0.25, 0.3) is 0 Å². The molecule has 1 aliphatic carbocycles. The molecule has 0 saturated carbocycles. The first-order chi connectivity index (χ1) is 10.6. The minimum absolute atomic E-state index is 0.109. The maximum atomic E-state index is 11.8. The van der Waals surface area contributed by atoms with Crippen LogP contribution in [0.1, 0.15) is 49.7 Å². The van der Waals surface area contributed by atoms with E-state index < -0.39 is 0 Å². The Morgan fingerprint density at radius 3 is 2.59 bits per heavy atom. The molecule has 22 heavy (non-hydrogen) atoms. The van der Waals surface area contributed by atoms with Crippen molar-refractivity contribution >= 4 is 11.8 Å². The van der Waals surface area contributed by atoms with Crippen LogP contribution in [-0.2, 0) is 15.0 Å². The Kier molecular flexibility index (Phi) is 3.94. The SMILES string of the molecule is CNC(=O)C[C@H]1CC2(CCN(C(C)=O)CC2)c2ccccc21. The van der Waals surface area contributed by atoms with Crippen LogP contribution in [-0.4, -0.2) is 36.9 Å². The summed E-state index contributed by atoms with van der Waals surface area (Å²) in [4.78, 5) is 25.3. The Morgan fingerprint density at radius 2 is 1.95 bits per heavy atom. The highest BCUT2D eigenvalue weighted by Gasteiger charge is 2.45. The molecule has 1 heterocycles. The molecule has 1 atom stereocenters. The van der Waals surface area contributed by atoms with Gasteiger partial charge in [0.15, 0.2) is 0 Å². The fourth-order valence-electron chi connectivity index (χ4n) is 4.26. The molecule has 1 aromatic rings. The average Bonchev–Trinajstić information content (AvgIpc) is 2.82. The van der Waals surface area contributed by atoms with Crippen LogP contribution < -0.4 is 5.32 Å². The first-order valence-electron chi connectivity index (χ1n) is 8.11. The maximum absolute atomic E-state index is 11.8. The molecule has 1 fully saturated rings. The second-order valence-corrected chi connectivity index (χ2v) is 6.65. The highest BCUT2D eigenvalue weighted by Crippen LogP contribution is 2.52. The molecule has 1 aliphatic heterocycles. The number of carbonyl (C=O) groups is 2. The Labute approximate surface area is 131 Å². The van der Waals surface area contributed by atoms with E-state index >= 15 is 0 Å². The van der Waals surface area contributed by atoms with E-state index in [9.17, 15) is 9.59 Å². The van der Waals surface area contributed by atoms with E-state index in [4.69, 9.17) is 0 Å². The molecule has 2 amide bonds. The standard InChI is InChI=1S/C18H24N2O2/c1-13(21)20-9-7-18(8-10-20)12-14(11-17(22)19-2)15-5-3-4-6-16(15)18/h3-6,14H,7-12H2,1-2H3,(H,19,22)/t14-/m0/s1. The van der Waals surface area contributed by atoms with Crippen molar-refractivity contribution in [2.24, 2.45) is 0 Å². The van der Waals surface area contributed by atoms with Gasteiger partial charge in [0.05, 0.1) is 0 Å². The molecule has 1 spiro atoms. The maximum Gasteiger partial charge on any atom is 0.220 e. The van der Waals surface area contributed by atoms with E-state index in [0.717, 1.165) is 32.4 Å². The van der Waals surface area contributed by atoms with Gasteiger partial charge in [-0.05, 0) is 41.7 Å². The van der Waals surface area contributed by atoms with Gasteiger partial charge in [0, 0.05) is 33.5 Å². The third-order valence-electron chi connectivity index (χ3n) is 5.49. The van der Waals surface area contributed by atoms with Gasteiger partial charge in [-0.2, -0.15) is 0 Å². The van der Waals surface area contributed by atoms with Crippen LogP contribution in [0.5, 0.6) is 0 Å². The number of hydrogen-bond acceptors (Lipinski definition) is 2. The summed E-state index contributed by atoms with van der Waals surface area (Å²) >= 11 is 0. The lowest BCUT2D eigenvalue weighted by atomic mass is 9.73. The zero-order valence-corrected chi connectivity index (χ0v) is 13.4. The molecule has 1 N–H and O–H groups in total. The van der Waals surface area contributed by atoms with Crippen molar-refractivity contribution < 1.29 is 9.59 Å². The fourth-order valence-corrected chi connectivity index (χ4v) is 4.26. The number of hydrogen-bond donors (Lipinski definition) is 1. The number of carbonyl (C=O) groups excluding carboxylic acids is 2. The molecule has 2 aliphatic rings. The lowest BCUT2D eigenvalue weighted by Crippen LogP contribution is -2.43. The van der Waals surface area contributed by atoms with E-state index in [1.165, 1.54) is 11.1 Å². The number of fused-ring (bicyclic) bond motifs is 2. The number of nitrogens with one attached hydrogen (secondary N) is 1. The molecule has 0 unspecified atom stereocenters. The summed E-state index contributed by atoms with van der Waals surface area (Å²) < 4.78 is 0. The lowest BCUT2D eigenvalue weighted by molar-refractivity contribution is -0.130. The average molecular weight is 300 g/mol. The fraction of sp³-hybridized carbons (Fsp3) is 0.556. The number of benzene rings is 1. The molecule has 0 radical (unpaired) electrons. The van der Waals surface area contributed by atoms with Gasteiger partial charge in [-0.25, -0.2) is 0 Å². The molecule has 1 aromatic carbocycles. The Hall–Kier alpha value is -1.84. The number of nitrogens with zero attached hydrogens (tertiary/aromatic N) is 1. The van der Waals surface area contributed by atoms with E-state index in [1.54, 1.807) is 14.0 Å². The summed E-state index contributed by atoms with van der Waals surface area (Å²) in [6.07, 6.45) is 3.61. The van der Waals surface area contributed by atoms with Crippen LogP contribution in [0, 0.1) is 0 Å². The van der Waals surface area contributed by atoms with Gasteiger partial charge in [-0.1, -0.05) is 24.3 Å². The molecule has 0 aromatic heterocycles. The van der Waals surface area contributed by atoms with Crippen LogP contribution in [0.4, 0.5) is 0 Å². The largest absolute Gasteiger partial charge is 0.359 e. The van der Waals surface area contributed by atoms with Gasteiger partial charge in [-0.15, -0.1) is 0 Å². The quantitative estimate of drug-likeness (QED) is 0.910. The summed E-state index contributed by atoms with van der Waals surface area (Å²) in [5.74, 6) is 0.584. The van der Waals surface area contributed by atoms with Crippen LogP contribution in [0.3, 0.4) is 0 Å². The summed E-state index contributed by atoms with van der Waals surface area (Å²) in [6.45, 7) is 3.31. The van der Waals surface area contributed by atoms with Crippen molar-refractivity contribution in [3.05, 3.63) is 35.4 Å². The minimum atomic E-state index is 0.109. The van der Waals surface area contributed by atoms with Crippen molar-refractivity contribution in [3.63, 3.8) is 0 Å². The zero-order chi connectivity index (χ0) is 15.7. The van der Waals surface area contributed by atoms with Crippen molar-refractivity contribution in [1.29, 1.82) is 0 Å². The minimum Gasteiger partial charge on any atom is -0.359 e. The molecule has 0 bridgehead atoms. The van der Waals surface area contributed by atoms with Crippen LogP contribution >= 0.6 is 0 Å². The predicted molar refractivity (Wildman–Crippen MR) is 85.6 cm³/mol. The lowest BCUT2D eigenvalue weighted by Gasteiger charge is -2.40. The molecule has 118 valence electrons. The van der Waals surface area contributed by atoms with Gasteiger partial charge in [0.1, 0.15) is 0 Å².